The number of furan rings is 1. The summed E-state index contributed by atoms with van der Waals surface area (Å²) < 4.78 is 11.5. The molecule has 0 radical (unpaired) electrons. The Kier molecular flexibility index (Phi) is 2.57. The van der Waals surface area contributed by atoms with Crippen LogP contribution in [0.5, 0.6) is 0 Å². The quantitative estimate of drug-likeness (QED) is 0.848. The summed E-state index contributed by atoms with van der Waals surface area (Å²) in [4.78, 5) is 0. The van der Waals surface area contributed by atoms with Crippen molar-refractivity contribution in [3.05, 3.63) is 52.9 Å². The largest absolute Gasteiger partial charge is 0.467 e. The fourth-order valence-electron chi connectivity index (χ4n) is 3.19. The molecular weight excluding hydrogens is 262 g/mol. The van der Waals surface area contributed by atoms with Crippen LogP contribution in [0, 0.1) is 5.92 Å². The molecule has 4 rings (SSSR count). The monoisotopic (exact) mass is 275 g/mol. The Labute approximate surface area is 116 Å². The Morgan fingerprint density at radius 2 is 2.21 bits per heavy atom. The summed E-state index contributed by atoms with van der Waals surface area (Å²) in [5.41, 5.74) is 2.26. The molecule has 2 aromatic rings. The lowest BCUT2D eigenvalue weighted by molar-refractivity contribution is 0.0808. The maximum atomic E-state index is 6.10. The summed E-state index contributed by atoms with van der Waals surface area (Å²) in [5.74, 6) is 1.37. The lowest BCUT2D eigenvalue weighted by Gasteiger charge is -2.35. The van der Waals surface area contributed by atoms with Crippen molar-refractivity contribution in [3.63, 3.8) is 0 Å². The molecule has 4 heteroatoms. The topological polar surface area (TPSA) is 34.4 Å². The third kappa shape index (κ3) is 1.77. The highest BCUT2D eigenvalue weighted by Gasteiger charge is 2.42. The summed E-state index contributed by atoms with van der Waals surface area (Å²) >= 11 is 6.10. The minimum atomic E-state index is 0.116. The Balaban J connectivity index is 1.80. The van der Waals surface area contributed by atoms with Crippen LogP contribution in [0.25, 0.3) is 0 Å². The lowest BCUT2D eigenvalue weighted by Crippen LogP contribution is -2.28. The average molecular weight is 276 g/mol. The summed E-state index contributed by atoms with van der Waals surface area (Å²) in [6.45, 7) is 0.792. The van der Waals surface area contributed by atoms with E-state index in [0.717, 1.165) is 35.1 Å². The number of benzene rings is 1. The molecule has 3 heterocycles. The summed E-state index contributed by atoms with van der Waals surface area (Å²) in [6.07, 6.45) is 2.87. The van der Waals surface area contributed by atoms with Crippen molar-refractivity contribution in [2.45, 2.75) is 18.6 Å². The first-order chi connectivity index (χ1) is 9.33. The van der Waals surface area contributed by atoms with Crippen molar-refractivity contribution in [2.24, 2.45) is 5.92 Å². The van der Waals surface area contributed by atoms with Gasteiger partial charge in [-0.1, -0.05) is 11.6 Å². The lowest BCUT2D eigenvalue weighted by atomic mass is 9.83. The number of rotatable bonds is 1. The normalized spacial score (nSPS) is 28.6. The predicted molar refractivity (Wildman–Crippen MR) is 73.3 cm³/mol. The third-order valence-corrected chi connectivity index (χ3v) is 4.28. The second-order valence-electron chi connectivity index (χ2n) is 5.11. The highest BCUT2D eigenvalue weighted by atomic mass is 35.5. The SMILES string of the molecule is Clc1ccc2c(c1)[C@@H]1OCC[C@@H]1[C@H](c1ccco1)N2. The Morgan fingerprint density at radius 3 is 3.05 bits per heavy atom. The molecule has 0 amide bonds. The van der Waals surface area contributed by atoms with E-state index in [1.165, 1.54) is 0 Å². The van der Waals surface area contributed by atoms with Gasteiger partial charge in [0, 0.05) is 28.8 Å². The molecule has 1 fully saturated rings. The zero-order valence-corrected chi connectivity index (χ0v) is 11.1. The first-order valence-electron chi connectivity index (χ1n) is 6.54. The van der Waals surface area contributed by atoms with Crippen molar-refractivity contribution >= 4 is 17.3 Å². The van der Waals surface area contributed by atoms with Crippen molar-refractivity contribution < 1.29 is 9.15 Å². The van der Waals surface area contributed by atoms with Crippen molar-refractivity contribution in [3.8, 4) is 0 Å². The fourth-order valence-corrected chi connectivity index (χ4v) is 3.37. The maximum Gasteiger partial charge on any atom is 0.126 e. The average Bonchev–Trinajstić information content (AvgIpc) is 3.09. The van der Waals surface area contributed by atoms with Crippen molar-refractivity contribution in [1.82, 2.24) is 0 Å². The van der Waals surface area contributed by atoms with Crippen LogP contribution >= 0.6 is 11.6 Å². The highest BCUT2D eigenvalue weighted by Crippen LogP contribution is 2.50. The van der Waals surface area contributed by atoms with Gasteiger partial charge in [0.15, 0.2) is 0 Å². The molecule has 3 nitrogen and oxygen atoms in total. The van der Waals surface area contributed by atoms with Gasteiger partial charge < -0.3 is 14.5 Å². The van der Waals surface area contributed by atoms with Crippen LogP contribution < -0.4 is 5.32 Å². The Morgan fingerprint density at radius 1 is 1.26 bits per heavy atom. The molecule has 0 unspecified atom stereocenters. The minimum Gasteiger partial charge on any atom is -0.467 e. The van der Waals surface area contributed by atoms with Gasteiger partial charge >= 0.3 is 0 Å². The molecule has 1 N–H and O–H groups in total. The molecule has 2 aliphatic rings. The number of halogens is 1. The van der Waals surface area contributed by atoms with E-state index < -0.39 is 0 Å². The van der Waals surface area contributed by atoms with E-state index in [0.29, 0.717) is 5.92 Å². The minimum absolute atomic E-state index is 0.116. The number of hydrogen-bond acceptors (Lipinski definition) is 3. The predicted octanol–water partition coefficient (Wildman–Crippen LogP) is 4.18. The molecule has 1 aromatic heterocycles. The molecule has 2 aliphatic heterocycles. The van der Waals surface area contributed by atoms with Gasteiger partial charge in [-0.3, -0.25) is 0 Å². The molecular formula is C15H14ClNO2. The zero-order valence-electron chi connectivity index (χ0n) is 10.3. The molecule has 0 saturated carbocycles. The van der Waals surface area contributed by atoms with E-state index in [1.54, 1.807) is 6.26 Å². The standard InChI is InChI=1S/C15H14ClNO2/c16-9-3-4-12-11(8-9)15-10(5-7-19-15)14(17-12)13-2-1-6-18-13/h1-4,6,8,10,14-15,17H,5,7H2/t10-,14-,15-/m1/s1. The molecule has 1 aromatic carbocycles. The highest BCUT2D eigenvalue weighted by molar-refractivity contribution is 6.30. The van der Waals surface area contributed by atoms with E-state index in [4.69, 9.17) is 20.8 Å². The van der Waals surface area contributed by atoms with Gasteiger partial charge in [0.2, 0.25) is 0 Å². The molecule has 0 bridgehead atoms. The van der Waals surface area contributed by atoms with Crippen molar-refractivity contribution in [2.75, 3.05) is 11.9 Å². The van der Waals surface area contributed by atoms with Crippen LogP contribution in [0.3, 0.4) is 0 Å². The van der Waals surface area contributed by atoms with Crippen LogP contribution in [0.1, 0.15) is 29.9 Å². The zero-order chi connectivity index (χ0) is 12.8. The van der Waals surface area contributed by atoms with Crippen LogP contribution in [-0.2, 0) is 4.74 Å². The Bertz CT molecular complexity index is 596. The number of hydrogen-bond donors (Lipinski definition) is 1. The van der Waals surface area contributed by atoms with Gasteiger partial charge in [0.05, 0.1) is 18.4 Å². The fraction of sp³-hybridized carbons (Fsp3) is 0.333. The molecule has 0 aliphatic carbocycles. The van der Waals surface area contributed by atoms with Crippen LogP contribution in [0.4, 0.5) is 5.69 Å². The first kappa shape index (κ1) is 11.4. The van der Waals surface area contributed by atoms with E-state index in [9.17, 15) is 0 Å². The summed E-state index contributed by atoms with van der Waals surface area (Å²) in [7, 11) is 0. The number of fused-ring (bicyclic) bond motifs is 3. The first-order valence-corrected chi connectivity index (χ1v) is 6.92. The molecule has 98 valence electrons. The molecule has 3 atom stereocenters. The van der Waals surface area contributed by atoms with Gasteiger partial charge in [-0.15, -0.1) is 0 Å². The van der Waals surface area contributed by atoms with Gasteiger partial charge in [-0.25, -0.2) is 0 Å². The van der Waals surface area contributed by atoms with Gasteiger partial charge in [-0.05, 0) is 36.8 Å². The number of ether oxygens (including phenoxy) is 1. The van der Waals surface area contributed by atoms with E-state index in [-0.39, 0.29) is 12.1 Å². The van der Waals surface area contributed by atoms with Crippen LogP contribution in [0.15, 0.2) is 41.0 Å². The summed E-state index contributed by atoms with van der Waals surface area (Å²) in [5, 5.41) is 4.32. The second kappa shape index (κ2) is 4.29. The smallest absolute Gasteiger partial charge is 0.126 e. The molecule has 0 spiro atoms. The van der Waals surface area contributed by atoms with E-state index in [1.807, 2.05) is 30.3 Å². The number of nitrogens with one attached hydrogen (secondary N) is 1. The Hall–Kier alpha value is -1.45. The van der Waals surface area contributed by atoms with Crippen LogP contribution in [-0.4, -0.2) is 6.61 Å². The molecule has 1 saturated heterocycles. The van der Waals surface area contributed by atoms with Crippen LogP contribution in [0.2, 0.25) is 5.02 Å². The third-order valence-electron chi connectivity index (χ3n) is 4.05. The maximum absolute atomic E-state index is 6.10. The molecule has 19 heavy (non-hydrogen) atoms. The van der Waals surface area contributed by atoms with Gasteiger partial charge in [0.1, 0.15) is 5.76 Å². The van der Waals surface area contributed by atoms with Gasteiger partial charge in [0.25, 0.3) is 0 Å². The van der Waals surface area contributed by atoms with Gasteiger partial charge in [-0.2, -0.15) is 0 Å². The second-order valence-corrected chi connectivity index (χ2v) is 5.55. The van der Waals surface area contributed by atoms with E-state index >= 15 is 0 Å². The number of anilines is 1. The van der Waals surface area contributed by atoms with E-state index in [2.05, 4.69) is 5.32 Å². The van der Waals surface area contributed by atoms with Crippen molar-refractivity contribution in [1.29, 1.82) is 0 Å². The summed E-state index contributed by atoms with van der Waals surface area (Å²) in [6, 6.07) is 10.1.